The highest BCUT2D eigenvalue weighted by Crippen LogP contribution is 2.21. The van der Waals surface area contributed by atoms with Crippen molar-refractivity contribution in [2.75, 3.05) is 24.3 Å². The molecular weight excluding hydrogens is 244 g/mol. The van der Waals surface area contributed by atoms with Gasteiger partial charge in [-0.15, -0.1) is 0 Å². The van der Waals surface area contributed by atoms with Gasteiger partial charge >= 0.3 is 0 Å². The molecule has 0 saturated carbocycles. The quantitative estimate of drug-likeness (QED) is 0.656. The SMILES string of the molecule is CSCCNC(=O)c1cc2ccccc2cc1N. The smallest absolute Gasteiger partial charge is 0.253 e. The molecule has 0 aliphatic heterocycles. The summed E-state index contributed by atoms with van der Waals surface area (Å²) in [5, 5.41) is 4.95. The molecule has 3 N–H and O–H groups in total. The molecule has 0 atom stereocenters. The molecule has 0 aliphatic rings. The van der Waals surface area contributed by atoms with Crippen molar-refractivity contribution in [1.82, 2.24) is 5.32 Å². The first-order chi connectivity index (χ1) is 8.72. The second-order valence-electron chi connectivity index (χ2n) is 4.04. The summed E-state index contributed by atoms with van der Waals surface area (Å²) in [6.45, 7) is 0.659. The summed E-state index contributed by atoms with van der Waals surface area (Å²) >= 11 is 1.70. The van der Waals surface area contributed by atoms with Gasteiger partial charge in [-0.3, -0.25) is 4.79 Å². The number of amides is 1. The van der Waals surface area contributed by atoms with E-state index >= 15 is 0 Å². The van der Waals surface area contributed by atoms with Gasteiger partial charge in [0.25, 0.3) is 5.91 Å². The van der Waals surface area contributed by atoms with Gasteiger partial charge in [-0.2, -0.15) is 11.8 Å². The van der Waals surface area contributed by atoms with Crippen molar-refractivity contribution >= 4 is 34.1 Å². The van der Waals surface area contributed by atoms with E-state index in [0.717, 1.165) is 16.5 Å². The lowest BCUT2D eigenvalue weighted by Crippen LogP contribution is -2.26. The van der Waals surface area contributed by atoms with Crippen LogP contribution in [0.15, 0.2) is 36.4 Å². The third-order valence-electron chi connectivity index (χ3n) is 2.75. The van der Waals surface area contributed by atoms with Gasteiger partial charge in [0, 0.05) is 18.0 Å². The van der Waals surface area contributed by atoms with Crippen LogP contribution in [0, 0.1) is 0 Å². The number of hydrogen-bond acceptors (Lipinski definition) is 3. The first-order valence-corrected chi connectivity index (χ1v) is 7.17. The molecule has 0 bridgehead atoms. The summed E-state index contributed by atoms with van der Waals surface area (Å²) in [6.07, 6.45) is 2.01. The van der Waals surface area contributed by atoms with Gasteiger partial charge in [0.1, 0.15) is 0 Å². The Labute approximate surface area is 111 Å². The van der Waals surface area contributed by atoms with Crippen molar-refractivity contribution < 1.29 is 4.79 Å². The zero-order chi connectivity index (χ0) is 13.0. The number of carbonyl (C=O) groups is 1. The van der Waals surface area contributed by atoms with E-state index < -0.39 is 0 Å². The fourth-order valence-electron chi connectivity index (χ4n) is 1.82. The number of rotatable bonds is 4. The van der Waals surface area contributed by atoms with E-state index in [1.165, 1.54) is 0 Å². The molecule has 18 heavy (non-hydrogen) atoms. The van der Waals surface area contributed by atoms with E-state index in [4.69, 9.17) is 5.73 Å². The molecule has 0 fully saturated rings. The third-order valence-corrected chi connectivity index (χ3v) is 3.37. The van der Waals surface area contributed by atoms with Gasteiger partial charge in [-0.25, -0.2) is 0 Å². The molecule has 3 nitrogen and oxygen atoms in total. The maximum Gasteiger partial charge on any atom is 0.253 e. The molecule has 1 amide bonds. The van der Waals surface area contributed by atoms with Gasteiger partial charge in [0.2, 0.25) is 0 Å². The van der Waals surface area contributed by atoms with E-state index in [-0.39, 0.29) is 5.91 Å². The highest BCUT2D eigenvalue weighted by molar-refractivity contribution is 7.98. The molecule has 4 heteroatoms. The number of nitrogens with one attached hydrogen (secondary N) is 1. The lowest BCUT2D eigenvalue weighted by atomic mass is 10.0. The second-order valence-corrected chi connectivity index (χ2v) is 5.02. The Balaban J connectivity index is 2.27. The average molecular weight is 260 g/mol. The molecule has 2 aromatic rings. The van der Waals surface area contributed by atoms with Gasteiger partial charge in [-0.1, -0.05) is 24.3 Å². The zero-order valence-electron chi connectivity index (χ0n) is 10.3. The summed E-state index contributed by atoms with van der Waals surface area (Å²) in [6, 6.07) is 11.6. The van der Waals surface area contributed by atoms with Crippen molar-refractivity contribution in [1.29, 1.82) is 0 Å². The van der Waals surface area contributed by atoms with E-state index in [2.05, 4.69) is 5.32 Å². The van der Waals surface area contributed by atoms with Gasteiger partial charge in [-0.05, 0) is 29.2 Å². The number of nitrogens with two attached hydrogens (primary N) is 1. The van der Waals surface area contributed by atoms with Crippen LogP contribution in [-0.2, 0) is 0 Å². The summed E-state index contributed by atoms with van der Waals surface area (Å²) in [7, 11) is 0. The summed E-state index contributed by atoms with van der Waals surface area (Å²) in [5.41, 5.74) is 7.00. The van der Waals surface area contributed by atoms with Crippen LogP contribution < -0.4 is 11.1 Å². The third kappa shape index (κ3) is 2.76. The molecular formula is C14H16N2OS. The molecule has 2 rings (SSSR count). The van der Waals surface area contributed by atoms with Gasteiger partial charge < -0.3 is 11.1 Å². The lowest BCUT2D eigenvalue weighted by Gasteiger charge is -2.08. The minimum Gasteiger partial charge on any atom is -0.398 e. The van der Waals surface area contributed by atoms with Gasteiger partial charge in [0.15, 0.2) is 0 Å². The van der Waals surface area contributed by atoms with Gasteiger partial charge in [0.05, 0.1) is 5.56 Å². The Morgan fingerprint density at radius 3 is 2.61 bits per heavy atom. The van der Waals surface area contributed by atoms with Crippen LogP contribution in [0.1, 0.15) is 10.4 Å². The van der Waals surface area contributed by atoms with Crippen LogP contribution in [-0.4, -0.2) is 24.5 Å². The largest absolute Gasteiger partial charge is 0.398 e. The van der Waals surface area contributed by atoms with Crippen molar-refractivity contribution in [3.63, 3.8) is 0 Å². The number of benzene rings is 2. The first-order valence-electron chi connectivity index (χ1n) is 5.78. The Morgan fingerprint density at radius 1 is 1.28 bits per heavy atom. The van der Waals surface area contributed by atoms with Crippen molar-refractivity contribution in [2.24, 2.45) is 0 Å². The first kappa shape index (κ1) is 12.8. The highest BCUT2D eigenvalue weighted by atomic mass is 32.2. The fraction of sp³-hybridized carbons (Fsp3) is 0.214. The second kappa shape index (κ2) is 5.78. The Bertz CT molecular complexity index is 569. The minimum atomic E-state index is -0.104. The molecule has 0 saturated heterocycles. The van der Waals surface area contributed by atoms with E-state index in [1.54, 1.807) is 11.8 Å². The monoisotopic (exact) mass is 260 g/mol. The zero-order valence-corrected chi connectivity index (χ0v) is 11.1. The molecule has 94 valence electrons. The fourth-order valence-corrected chi connectivity index (χ4v) is 2.12. The van der Waals surface area contributed by atoms with E-state index in [0.29, 0.717) is 17.8 Å². The molecule has 0 spiro atoms. The van der Waals surface area contributed by atoms with Crippen molar-refractivity contribution in [3.05, 3.63) is 42.0 Å². The Morgan fingerprint density at radius 2 is 1.94 bits per heavy atom. The van der Waals surface area contributed by atoms with Crippen molar-refractivity contribution in [2.45, 2.75) is 0 Å². The number of hydrogen-bond donors (Lipinski definition) is 2. The number of thioether (sulfide) groups is 1. The molecule has 0 radical (unpaired) electrons. The molecule has 0 unspecified atom stereocenters. The van der Waals surface area contributed by atoms with Crippen LogP contribution >= 0.6 is 11.8 Å². The Kier molecular flexibility index (Phi) is 4.10. The highest BCUT2D eigenvalue weighted by Gasteiger charge is 2.10. The average Bonchev–Trinajstić information content (AvgIpc) is 2.38. The number of carbonyl (C=O) groups excluding carboxylic acids is 1. The maximum absolute atomic E-state index is 12.0. The maximum atomic E-state index is 12.0. The molecule has 2 aromatic carbocycles. The van der Waals surface area contributed by atoms with Crippen LogP contribution in [0.25, 0.3) is 10.8 Å². The van der Waals surface area contributed by atoms with E-state index in [9.17, 15) is 4.79 Å². The normalized spacial score (nSPS) is 10.5. The molecule has 0 aliphatic carbocycles. The van der Waals surface area contributed by atoms with Crippen LogP contribution in [0.4, 0.5) is 5.69 Å². The topological polar surface area (TPSA) is 55.1 Å². The Hall–Kier alpha value is -1.68. The van der Waals surface area contributed by atoms with Crippen LogP contribution in [0.5, 0.6) is 0 Å². The number of nitrogen functional groups attached to an aromatic ring is 1. The van der Waals surface area contributed by atoms with Crippen LogP contribution in [0.2, 0.25) is 0 Å². The number of fused-ring (bicyclic) bond motifs is 1. The molecule has 0 heterocycles. The summed E-state index contributed by atoms with van der Waals surface area (Å²) in [5.74, 6) is 0.798. The predicted molar refractivity (Wildman–Crippen MR) is 79.1 cm³/mol. The lowest BCUT2D eigenvalue weighted by molar-refractivity contribution is 0.0957. The van der Waals surface area contributed by atoms with E-state index in [1.807, 2.05) is 42.7 Å². The minimum absolute atomic E-state index is 0.104. The summed E-state index contributed by atoms with van der Waals surface area (Å²) in [4.78, 5) is 12.0. The van der Waals surface area contributed by atoms with Crippen molar-refractivity contribution in [3.8, 4) is 0 Å². The molecule has 0 aromatic heterocycles. The predicted octanol–water partition coefficient (Wildman–Crippen LogP) is 2.51. The van der Waals surface area contributed by atoms with Crippen LogP contribution in [0.3, 0.4) is 0 Å². The summed E-state index contributed by atoms with van der Waals surface area (Å²) < 4.78 is 0. The number of anilines is 1. The standard InChI is InChI=1S/C14H16N2OS/c1-18-7-6-16-14(17)12-8-10-4-2-3-5-11(10)9-13(12)15/h2-5,8-9H,6-7,15H2,1H3,(H,16,17).